The van der Waals surface area contributed by atoms with Gasteiger partial charge >= 0.3 is 0 Å². The van der Waals surface area contributed by atoms with Crippen LogP contribution in [0.15, 0.2) is 146 Å². The Kier molecular flexibility index (Phi) is 24.7. The van der Waals surface area contributed by atoms with Gasteiger partial charge in [0, 0.05) is 92.4 Å². The summed E-state index contributed by atoms with van der Waals surface area (Å²) >= 11 is 0. The van der Waals surface area contributed by atoms with Crippen molar-refractivity contribution in [1.82, 2.24) is 0 Å². The zero-order valence-electron chi connectivity index (χ0n) is 54.3. The Morgan fingerprint density at radius 1 is 0.217 bits per heavy atom. The van der Waals surface area contributed by atoms with Crippen LogP contribution in [0, 0.1) is 0 Å². The molecule has 1 aliphatic rings. The first kappa shape index (κ1) is 67.7. The SMILES string of the molecule is CCCCCCCOc1ccc(C2c3cc(c(O)cc3O)C(c3ccc(OCCCCCCC)cc3)c3cc(c(O)cc3O)C(c3ccc(OCCCCCCC)cc3)c3cc(c(O)cc3O)C(c3ccc(OCCCCCCC)cc3)c3cc2c(O)cc3O)cc1. The fourth-order valence-electron chi connectivity index (χ4n) is 13.0. The van der Waals surface area contributed by atoms with Gasteiger partial charge in [0.2, 0.25) is 0 Å². The number of fused-ring (bicyclic) bond motifs is 8. The van der Waals surface area contributed by atoms with E-state index in [-0.39, 0.29) is 90.5 Å². The lowest BCUT2D eigenvalue weighted by Gasteiger charge is -2.30. The van der Waals surface area contributed by atoms with Gasteiger partial charge in [-0.25, -0.2) is 0 Å². The fourth-order valence-corrected chi connectivity index (χ4v) is 13.0. The van der Waals surface area contributed by atoms with E-state index in [4.69, 9.17) is 18.9 Å². The first-order chi connectivity index (χ1) is 44.8. The predicted octanol–water partition coefficient (Wildman–Crippen LogP) is 19.8. The predicted molar refractivity (Wildman–Crippen MR) is 366 cm³/mol. The van der Waals surface area contributed by atoms with Crippen LogP contribution in [0.4, 0.5) is 0 Å². The maximum absolute atomic E-state index is 12.5. The molecule has 0 atom stereocenters. The standard InChI is InChI=1S/C80H96O12/c1-5-9-13-17-21-41-89-57-33-25-53(26-34-57)77-61-45-63(71(83)49-69(61)81)78(54-27-35-58(36-28-54)90-42-22-18-14-10-6-2)65-47-67(75(87)51-73(65)85)80(56-31-39-60(40-32-56)92-44-24-20-16-12-8-4)68-48-66(74(86)52-76(68)88)79(64-46-62(77)70(82)50-72(64)84)55-29-37-59(38-30-55)91-43-23-19-15-11-7-3/h25-40,45-52,77-88H,5-24,41-44H2,1-4H3. The van der Waals surface area contributed by atoms with Crippen LogP contribution in [-0.4, -0.2) is 67.3 Å². The average Bonchev–Trinajstić information content (AvgIpc) is 0.754. The maximum Gasteiger partial charge on any atom is 0.123 e. The number of phenols is 8. The minimum Gasteiger partial charge on any atom is -0.507 e. The average molecular weight is 1250 g/mol. The summed E-state index contributed by atoms with van der Waals surface area (Å²) in [5, 5.41) is 99.9. The summed E-state index contributed by atoms with van der Waals surface area (Å²) < 4.78 is 25.0. The number of hydrogen-bond acceptors (Lipinski definition) is 12. The van der Waals surface area contributed by atoms with Crippen LogP contribution in [0.25, 0.3) is 0 Å². The number of unbranched alkanes of at least 4 members (excludes halogenated alkanes) is 16. The lowest BCUT2D eigenvalue weighted by Crippen LogP contribution is -2.13. The lowest BCUT2D eigenvalue weighted by atomic mass is 9.75. The second-order valence-corrected chi connectivity index (χ2v) is 24.9. The number of rotatable bonds is 32. The molecule has 0 amide bonds. The largest absolute Gasteiger partial charge is 0.507 e. The summed E-state index contributed by atoms with van der Waals surface area (Å²) in [6, 6.07) is 41.6. The summed E-state index contributed by atoms with van der Waals surface area (Å²) in [6.07, 6.45) is 21.5. The van der Waals surface area contributed by atoms with Gasteiger partial charge < -0.3 is 59.8 Å². The number of ether oxygens (including phenoxy) is 4. The number of benzene rings is 8. The van der Waals surface area contributed by atoms with E-state index in [1.54, 1.807) is 24.3 Å². The van der Waals surface area contributed by atoms with Crippen molar-refractivity contribution in [3.05, 3.63) is 212 Å². The minimum absolute atomic E-state index is 0.261. The molecule has 0 unspecified atom stereocenters. The topological polar surface area (TPSA) is 199 Å². The van der Waals surface area contributed by atoms with Gasteiger partial charge in [-0.15, -0.1) is 0 Å². The van der Waals surface area contributed by atoms with Gasteiger partial charge in [0.25, 0.3) is 0 Å². The molecule has 0 aromatic heterocycles. The molecule has 0 heterocycles. The Balaban J connectivity index is 1.29. The molecule has 0 saturated heterocycles. The smallest absolute Gasteiger partial charge is 0.123 e. The summed E-state index contributed by atoms with van der Waals surface area (Å²) in [7, 11) is 0. The maximum atomic E-state index is 12.5. The number of phenolic OH excluding ortho intramolecular Hbond substituents is 8. The molecular weight excluding hydrogens is 1150 g/mol. The van der Waals surface area contributed by atoms with Crippen molar-refractivity contribution >= 4 is 0 Å². The van der Waals surface area contributed by atoms with E-state index in [2.05, 4.69) is 27.7 Å². The highest BCUT2D eigenvalue weighted by atomic mass is 16.5. The highest BCUT2D eigenvalue weighted by molar-refractivity contribution is 5.67. The Hall–Kier alpha value is -8.64. The first-order valence-electron chi connectivity index (χ1n) is 34.0. The summed E-state index contributed by atoms with van der Waals surface area (Å²) in [4.78, 5) is 0. The van der Waals surface area contributed by atoms with Crippen molar-refractivity contribution in [2.24, 2.45) is 0 Å². The van der Waals surface area contributed by atoms with Crippen molar-refractivity contribution in [3.8, 4) is 69.0 Å². The molecule has 1 aliphatic carbocycles. The quantitative estimate of drug-likeness (QED) is 0.0186. The van der Waals surface area contributed by atoms with E-state index >= 15 is 0 Å². The van der Waals surface area contributed by atoms with Crippen molar-refractivity contribution in [3.63, 3.8) is 0 Å². The van der Waals surface area contributed by atoms with E-state index in [1.165, 1.54) is 24.3 Å². The Morgan fingerprint density at radius 2 is 0.380 bits per heavy atom. The second-order valence-electron chi connectivity index (χ2n) is 24.9. The van der Waals surface area contributed by atoms with Gasteiger partial charge in [0.05, 0.1) is 26.4 Å². The van der Waals surface area contributed by atoms with Crippen LogP contribution < -0.4 is 18.9 Å². The molecule has 12 nitrogen and oxygen atoms in total. The van der Waals surface area contributed by atoms with Crippen molar-refractivity contribution in [1.29, 1.82) is 0 Å². The third-order valence-electron chi connectivity index (χ3n) is 18.1. The van der Waals surface area contributed by atoms with E-state index in [0.29, 0.717) is 71.7 Å². The van der Waals surface area contributed by atoms with Crippen LogP contribution in [0.2, 0.25) is 0 Å². The summed E-state index contributed by atoms with van der Waals surface area (Å²) in [5.74, 6) is -4.01. The van der Waals surface area contributed by atoms with Gasteiger partial charge in [0.1, 0.15) is 69.0 Å². The molecule has 0 fully saturated rings. The molecule has 92 heavy (non-hydrogen) atoms. The highest BCUT2D eigenvalue weighted by Gasteiger charge is 2.35. The zero-order valence-corrected chi connectivity index (χ0v) is 54.3. The lowest BCUT2D eigenvalue weighted by molar-refractivity contribution is 0.304. The first-order valence-corrected chi connectivity index (χ1v) is 34.0. The zero-order chi connectivity index (χ0) is 64.9. The molecule has 0 saturated carbocycles. The molecule has 0 aliphatic heterocycles. The van der Waals surface area contributed by atoms with Crippen LogP contribution in [0.3, 0.4) is 0 Å². The molecule has 8 N–H and O–H groups in total. The van der Waals surface area contributed by atoms with E-state index in [1.807, 2.05) is 97.1 Å². The Bertz CT molecular complexity index is 3020. The monoisotopic (exact) mass is 1250 g/mol. The van der Waals surface area contributed by atoms with Crippen molar-refractivity contribution < 1.29 is 59.8 Å². The van der Waals surface area contributed by atoms with Crippen LogP contribution in [0.5, 0.6) is 69.0 Å². The summed E-state index contributed by atoms with van der Waals surface area (Å²) in [5.41, 5.74) is 4.52. The molecule has 488 valence electrons. The molecule has 8 aromatic rings. The molecular formula is C80H96O12. The normalized spacial score (nSPS) is 15.3. The van der Waals surface area contributed by atoms with E-state index in [9.17, 15) is 40.9 Å². The van der Waals surface area contributed by atoms with Crippen LogP contribution in [-0.2, 0) is 0 Å². The highest BCUT2D eigenvalue weighted by Crippen LogP contribution is 2.54. The molecule has 8 aromatic carbocycles. The van der Waals surface area contributed by atoms with Crippen molar-refractivity contribution in [2.75, 3.05) is 26.4 Å². The van der Waals surface area contributed by atoms with Crippen molar-refractivity contribution in [2.45, 2.75) is 180 Å². The molecule has 0 radical (unpaired) electrons. The molecule has 0 spiro atoms. The van der Waals surface area contributed by atoms with Gasteiger partial charge in [0.15, 0.2) is 0 Å². The third kappa shape index (κ3) is 17.1. The second kappa shape index (κ2) is 33.6. The Morgan fingerprint density at radius 3 is 0.543 bits per heavy atom. The molecule has 12 heteroatoms. The molecule has 8 bridgehead atoms. The van der Waals surface area contributed by atoms with E-state index in [0.717, 1.165) is 128 Å². The fraction of sp³-hybridized carbons (Fsp3) is 0.400. The van der Waals surface area contributed by atoms with Crippen LogP contribution in [0.1, 0.15) is 247 Å². The molecule has 9 rings (SSSR count). The van der Waals surface area contributed by atoms with Gasteiger partial charge in [-0.3, -0.25) is 0 Å². The van der Waals surface area contributed by atoms with Crippen LogP contribution >= 0.6 is 0 Å². The summed E-state index contributed by atoms with van der Waals surface area (Å²) in [6.45, 7) is 10.8. The van der Waals surface area contributed by atoms with Gasteiger partial charge in [-0.05, 0) is 121 Å². The Labute approximate surface area is 544 Å². The number of aromatic hydroxyl groups is 8. The number of hydrogen-bond donors (Lipinski definition) is 8. The van der Waals surface area contributed by atoms with Gasteiger partial charge in [-0.2, -0.15) is 0 Å². The third-order valence-corrected chi connectivity index (χ3v) is 18.1. The minimum atomic E-state index is -1.02. The van der Waals surface area contributed by atoms with Gasteiger partial charge in [-0.1, -0.05) is 179 Å². The van der Waals surface area contributed by atoms with E-state index < -0.39 is 23.7 Å².